The van der Waals surface area contributed by atoms with Crippen molar-refractivity contribution in [1.82, 2.24) is 4.98 Å². The molecule has 0 bridgehead atoms. The van der Waals surface area contributed by atoms with Crippen LogP contribution < -0.4 is 4.74 Å². The average molecular weight is 257 g/mol. The van der Waals surface area contributed by atoms with Gasteiger partial charge in [0.2, 0.25) is 0 Å². The predicted molar refractivity (Wildman–Crippen MR) is 71.4 cm³/mol. The van der Waals surface area contributed by atoms with Crippen LogP contribution in [0.2, 0.25) is 0 Å². The summed E-state index contributed by atoms with van der Waals surface area (Å²) in [6.07, 6.45) is 3.48. The Morgan fingerprint density at radius 2 is 2.11 bits per heavy atom. The summed E-state index contributed by atoms with van der Waals surface area (Å²) in [5, 5.41) is 9.14. The number of aromatic carboxylic acids is 1. The summed E-state index contributed by atoms with van der Waals surface area (Å²) in [4.78, 5) is 15.2. The highest BCUT2D eigenvalue weighted by atomic mass is 16.5. The van der Waals surface area contributed by atoms with Gasteiger partial charge in [0.25, 0.3) is 0 Å². The predicted octanol–water partition coefficient (Wildman–Crippen LogP) is 2.98. The molecule has 1 aromatic heterocycles. The SMILES string of the molecule is Cc1cncc(COc2c(C)cccc2C(=O)O)c1. The number of para-hydroxylation sites is 1. The minimum Gasteiger partial charge on any atom is -0.488 e. The third-order valence-electron chi connectivity index (χ3n) is 2.76. The molecule has 4 heteroatoms. The number of rotatable bonds is 4. The number of benzene rings is 1. The summed E-state index contributed by atoms with van der Waals surface area (Å²) in [7, 11) is 0. The molecule has 2 rings (SSSR count). The Morgan fingerprint density at radius 3 is 2.79 bits per heavy atom. The zero-order valence-electron chi connectivity index (χ0n) is 10.9. The van der Waals surface area contributed by atoms with E-state index in [2.05, 4.69) is 4.98 Å². The van der Waals surface area contributed by atoms with E-state index < -0.39 is 5.97 Å². The van der Waals surface area contributed by atoms with Crippen LogP contribution in [-0.2, 0) is 6.61 Å². The molecule has 0 aliphatic rings. The number of aryl methyl sites for hydroxylation is 2. The lowest BCUT2D eigenvalue weighted by Gasteiger charge is -2.12. The number of pyridine rings is 1. The smallest absolute Gasteiger partial charge is 0.339 e. The molecule has 2 aromatic rings. The fraction of sp³-hybridized carbons (Fsp3) is 0.200. The standard InChI is InChI=1S/C15H15NO3/c1-10-6-12(8-16-7-10)9-19-14-11(2)4-3-5-13(14)15(17)18/h3-8H,9H2,1-2H3,(H,17,18). The van der Waals surface area contributed by atoms with Gasteiger partial charge >= 0.3 is 5.97 Å². The molecule has 0 unspecified atom stereocenters. The topological polar surface area (TPSA) is 59.4 Å². The summed E-state index contributed by atoms with van der Waals surface area (Å²) < 4.78 is 5.65. The van der Waals surface area contributed by atoms with Gasteiger partial charge in [-0.2, -0.15) is 0 Å². The van der Waals surface area contributed by atoms with Gasteiger partial charge in [-0.15, -0.1) is 0 Å². The second kappa shape index (κ2) is 5.52. The van der Waals surface area contributed by atoms with Crippen molar-refractivity contribution in [1.29, 1.82) is 0 Å². The van der Waals surface area contributed by atoms with Crippen LogP contribution in [0.4, 0.5) is 0 Å². The Morgan fingerprint density at radius 1 is 1.32 bits per heavy atom. The highest BCUT2D eigenvalue weighted by molar-refractivity contribution is 5.91. The first-order chi connectivity index (χ1) is 9.08. The van der Waals surface area contributed by atoms with Crippen LogP contribution in [0.5, 0.6) is 5.75 Å². The minimum atomic E-state index is -0.985. The maximum absolute atomic E-state index is 11.1. The molecule has 98 valence electrons. The number of hydrogen-bond donors (Lipinski definition) is 1. The van der Waals surface area contributed by atoms with Gasteiger partial charge in [-0.25, -0.2) is 4.79 Å². The Labute approximate surface area is 111 Å². The molecule has 0 fully saturated rings. The van der Waals surface area contributed by atoms with E-state index in [0.29, 0.717) is 12.4 Å². The monoisotopic (exact) mass is 257 g/mol. The number of carbonyl (C=O) groups is 1. The van der Waals surface area contributed by atoms with Gasteiger partial charge in [-0.05, 0) is 37.1 Å². The first-order valence-electron chi connectivity index (χ1n) is 5.94. The molecule has 4 nitrogen and oxygen atoms in total. The van der Waals surface area contributed by atoms with Crippen LogP contribution in [0.1, 0.15) is 27.0 Å². The van der Waals surface area contributed by atoms with Crippen LogP contribution in [0.15, 0.2) is 36.7 Å². The molecule has 0 aliphatic heterocycles. The average Bonchev–Trinajstić information content (AvgIpc) is 2.37. The van der Waals surface area contributed by atoms with Crippen molar-refractivity contribution in [3.63, 3.8) is 0 Å². The van der Waals surface area contributed by atoms with Gasteiger partial charge < -0.3 is 9.84 Å². The van der Waals surface area contributed by atoms with Gasteiger partial charge in [0, 0.05) is 18.0 Å². The first kappa shape index (κ1) is 13.1. The van der Waals surface area contributed by atoms with Gasteiger partial charge in [-0.3, -0.25) is 4.98 Å². The molecule has 19 heavy (non-hydrogen) atoms. The van der Waals surface area contributed by atoms with E-state index in [1.54, 1.807) is 24.5 Å². The number of aromatic nitrogens is 1. The van der Waals surface area contributed by atoms with Gasteiger partial charge in [0.15, 0.2) is 0 Å². The Kier molecular flexibility index (Phi) is 3.80. The maximum Gasteiger partial charge on any atom is 0.339 e. The number of hydrogen-bond acceptors (Lipinski definition) is 3. The Hall–Kier alpha value is -2.36. The fourth-order valence-electron chi connectivity index (χ4n) is 1.86. The van der Waals surface area contributed by atoms with E-state index >= 15 is 0 Å². The fourth-order valence-corrected chi connectivity index (χ4v) is 1.86. The van der Waals surface area contributed by atoms with Crippen LogP contribution in [0.3, 0.4) is 0 Å². The molecule has 0 aliphatic carbocycles. The van der Waals surface area contributed by atoms with E-state index in [1.807, 2.05) is 26.0 Å². The quantitative estimate of drug-likeness (QED) is 0.914. The second-order valence-corrected chi connectivity index (χ2v) is 4.42. The highest BCUT2D eigenvalue weighted by Gasteiger charge is 2.13. The summed E-state index contributed by atoms with van der Waals surface area (Å²) >= 11 is 0. The molecule has 0 atom stereocenters. The van der Waals surface area contributed by atoms with Crippen LogP contribution >= 0.6 is 0 Å². The second-order valence-electron chi connectivity index (χ2n) is 4.42. The molecule has 0 amide bonds. The van der Waals surface area contributed by atoms with E-state index in [1.165, 1.54) is 0 Å². The third-order valence-corrected chi connectivity index (χ3v) is 2.76. The van der Waals surface area contributed by atoms with Crippen molar-refractivity contribution < 1.29 is 14.6 Å². The van der Waals surface area contributed by atoms with E-state index in [4.69, 9.17) is 9.84 Å². The molecule has 0 spiro atoms. The zero-order chi connectivity index (χ0) is 13.8. The highest BCUT2D eigenvalue weighted by Crippen LogP contribution is 2.24. The Bertz CT molecular complexity index is 608. The minimum absolute atomic E-state index is 0.181. The van der Waals surface area contributed by atoms with Crippen molar-refractivity contribution in [2.75, 3.05) is 0 Å². The van der Waals surface area contributed by atoms with Crippen LogP contribution in [0.25, 0.3) is 0 Å². The summed E-state index contributed by atoms with van der Waals surface area (Å²) in [6.45, 7) is 4.09. The lowest BCUT2D eigenvalue weighted by atomic mass is 10.1. The molecule has 1 heterocycles. The molecule has 0 saturated heterocycles. The normalized spacial score (nSPS) is 10.2. The number of nitrogens with zero attached hydrogens (tertiary/aromatic N) is 1. The molecule has 0 saturated carbocycles. The summed E-state index contributed by atoms with van der Waals surface area (Å²) in [5.74, 6) is -0.572. The van der Waals surface area contributed by atoms with Crippen molar-refractivity contribution in [3.8, 4) is 5.75 Å². The van der Waals surface area contributed by atoms with Crippen molar-refractivity contribution >= 4 is 5.97 Å². The molecule has 1 aromatic carbocycles. The maximum atomic E-state index is 11.1. The van der Waals surface area contributed by atoms with E-state index in [-0.39, 0.29) is 5.56 Å². The summed E-state index contributed by atoms with van der Waals surface area (Å²) in [6, 6.07) is 7.04. The van der Waals surface area contributed by atoms with Crippen molar-refractivity contribution in [2.24, 2.45) is 0 Å². The zero-order valence-corrected chi connectivity index (χ0v) is 10.9. The van der Waals surface area contributed by atoms with Gasteiger partial charge in [0.05, 0.1) is 0 Å². The first-order valence-corrected chi connectivity index (χ1v) is 5.94. The largest absolute Gasteiger partial charge is 0.488 e. The Balaban J connectivity index is 2.22. The number of carboxylic acid groups (broad SMARTS) is 1. The number of carboxylic acids is 1. The molecular formula is C15H15NO3. The molecular weight excluding hydrogens is 242 g/mol. The lowest BCUT2D eigenvalue weighted by Crippen LogP contribution is -2.05. The van der Waals surface area contributed by atoms with E-state index in [9.17, 15) is 4.79 Å². The molecule has 0 radical (unpaired) electrons. The van der Waals surface area contributed by atoms with E-state index in [0.717, 1.165) is 16.7 Å². The summed E-state index contributed by atoms with van der Waals surface area (Å²) in [5.41, 5.74) is 2.95. The number of ether oxygens (including phenoxy) is 1. The third kappa shape index (κ3) is 3.10. The van der Waals surface area contributed by atoms with Crippen LogP contribution in [0, 0.1) is 13.8 Å². The van der Waals surface area contributed by atoms with Gasteiger partial charge in [0.1, 0.15) is 17.9 Å². The lowest BCUT2D eigenvalue weighted by molar-refractivity contribution is 0.0691. The van der Waals surface area contributed by atoms with Crippen LogP contribution in [-0.4, -0.2) is 16.1 Å². The van der Waals surface area contributed by atoms with Gasteiger partial charge in [-0.1, -0.05) is 12.1 Å². The molecule has 1 N–H and O–H groups in total. The van der Waals surface area contributed by atoms with Crippen molar-refractivity contribution in [3.05, 3.63) is 58.9 Å². The van der Waals surface area contributed by atoms with Crippen molar-refractivity contribution in [2.45, 2.75) is 20.5 Å².